The number of halogens is 1. The average molecular weight is 289 g/mol. The number of thioether (sulfide) groups is 1. The van der Waals surface area contributed by atoms with Gasteiger partial charge in [-0.1, -0.05) is 34.1 Å². The summed E-state index contributed by atoms with van der Waals surface area (Å²) in [6.07, 6.45) is 0. The fourth-order valence-electron chi connectivity index (χ4n) is 1.06. The third kappa shape index (κ3) is 4.71. The van der Waals surface area contributed by atoms with Gasteiger partial charge in [0, 0.05) is 10.2 Å². The van der Waals surface area contributed by atoms with Crippen molar-refractivity contribution in [1.82, 2.24) is 0 Å². The van der Waals surface area contributed by atoms with Gasteiger partial charge in [0.05, 0.1) is 12.4 Å². The van der Waals surface area contributed by atoms with Crippen molar-refractivity contribution in [2.75, 3.05) is 12.4 Å². The average Bonchev–Trinajstić information content (AvgIpc) is 2.21. The van der Waals surface area contributed by atoms with Gasteiger partial charge >= 0.3 is 5.97 Å². The number of hydrogen-bond acceptors (Lipinski definition) is 3. The largest absolute Gasteiger partial charge is 0.465 e. The molecule has 0 aromatic heterocycles. The quantitative estimate of drug-likeness (QED) is 0.778. The Kier molecular flexibility index (Phi) is 5.79. The fraction of sp³-hybridized carbons (Fsp3) is 0.364. The van der Waals surface area contributed by atoms with E-state index in [1.165, 1.54) is 5.56 Å². The monoisotopic (exact) mass is 288 g/mol. The van der Waals surface area contributed by atoms with E-state index in [0.29, 0.717) is 12.4 Å². The molecule has 0 aliphatic carbocycles. The first-order chi connectivity index (χ1) is 7.24. The van der Waals surface area contributed by atoms with Gasteiger partial charge < -0.3 is 4.74 Å². The Labute approximate surface area is 103 Å². The molecule has 0 heterocycles. The Morgan fingerprint density at radius 1 is 1.47 bits per heavy atom. The summed E-state index contributed by atoms with van der Waals surface area (Å²) in [4.78, 5) is 11.1. The van der Waals surface area contributed by atoms with Crippen LogP contribution in [-0.2, 0) is 15.3 Å². The molecular formula is C11H13BrO2S. The van der Waals surface area contributed by atoms with Gasteiger partial charge in [0.2, 0.25) is 0 Å². The smallest absolute Gasteiger partial charge is 0.315 e. The molecule has 0 fully saturated rings. The van der Waals surface area contributed by atoms with E-state index in [-0.39, 0.29) is 5.97 Å². The Morgan fingerprint density at radius 3 is 2.87 bits per heavy atom. The van der Waals surface area contributed by atoms with E-state index in [9.17, 15) is 4.79 Å². The maximum Gasteiger partial charge on any atom is 0.315 e. The van der Waals surface area contributed by atoms with Crippen LogP contribution in [0.25, 0.3) is 0 Å². The molecule has 0 unspecified atom stereocenters. The summed E-state index contributed by atoms with van der Waals surface area (Å²) in [7, 11) is 0. The van der Waals surface area contributed by atoms with Gasteiger partial charge in [-0.3, -0.25) is 4.79 Å². The maximum absolute atomic E-state index is 11.1. The van der Waals surface area contributed by atoms with Crippen LogP contribution in [0.1, 0.15) is 12.5 Å². The van der Waals surface area contributed by atoms with E-state index in [4.69, 9.17) is 4.74 Å². The van der Waals surface area contributed by atoms with E-state index >= 15 is 0 Å². The Morgan fingerprint density at radius 2 is 2.20 bits per heavy atom. The first-order valence-electron chi connectivity index (χ1n) is 4.70. The van der Waals surface area contributed by atoms with Gasteiger partial charge in [-0.25, -0.2) is 0 Å². The Balaban J connectivity index is 2.32. The van der Waals surface area contributed by atoms with Crippen molar-refractivity contribution in [2.24, 2.45) is 0 Å². The van der Waals surface area contributed by atoms with Crippen molar-refractivity contribution in [3.63, 3.8) is 0 Å². The number of carbonyl (C=O) groups is 1. The molecule has 0 spiro atoms. The molecule has 2 nitrogen and oxygen atoms in total. The van der Waals surface area contributed by atoms with E-state index in [1.807, 2.05) is 31.2 Å². The third-order valence-electron chi connectivity index (χ3n) is 1.74. The van der Waals surface area contributed by atoms with E-state index in [0.717, 1.165) is 10.2 Å². The lowest BCUT2D eigenvalue weighted by atomic mass is 10.2. The summed E-state index contributed by atoms with van der Waals surface area (Å²) in [5.41, 5.74) is 1.20. The normalized spacial score (nSPS) is 10.0. The Hall–Kier alpha value is -0.480. The first kappa shape index (κ1) is 12.6. The van der Waals surface area contributed by atoms with Crippen molar-refractivity contribution in [3.05, 3.63) is 34.3 Å². The number of carbonyl (C=O) groups excluding carboxylic acids is 1. The van der Waals surface area contributed by atoms with Crippen LogP contribution in [0.4, 0.5) is 0 Å². The molecule has 4 heteroatoms. The van der Waals surface area contributed by atoms with Crippen molar-refractivity contribution in [3.8, 4) is 0 Å². The van der Waals surface area contributed by atoms with Gasteiger partial charge in [0.15, 0.2) is 0 Å². The zero-order valence-corrected chi connectivity index (χ0v) is 10.9. The standard InChI is InChI=1S/C11H13BrO2S/c1-2-14-11(13)8-15-7-9-5-3-4-6-10(9)12/h3-6H,2,7-8H2,1H3. The van der Waals surface area contributed by atoms with Gasteiger partial charge in [0.1, 0.15) is 0 Å². The van der Waals surface area contributed by atoms with Crippen molar-refractivity contribution >= 4 is 33.7 Å². The van der Waals surface area contributed by atoms with Crippen LogP contribution in [0, 0.1) is 0 Å². The van der Waals surface area contributed by atoms with E-state index in [1.54, 1.807) is 11.8 Å². The second-order valence-electron chi connectivity index (χ2n) is 2.89. The van der Waals surface area contributed by atoms with Crippen LogP contribution < -0.4 is 0 Å². The highest BCUT2D eigenvalue weighted by Crippen LogP contribution is 2.21. The molecule has 1 aromatic rings. The van der Waals surface area contributed by atoms with Crippen molar-refractivity contribution in [2.45, 2.75) is 12.7 Å². The number of hydrogen-bond donors (Lipinski definition) is 0. The molecule has 0 radical (unpaired) electrons. The Bertz CT molecular complexity index is 328. The molecule has 1 aromatic carbocycles. The molecule has 0 N–H and O–H groups in total. The van der Waals surface area contributed by atoms with Gasteiger partial charge in [-0.2, -0.15) is 0 Å². The van der Waals surface area contributed by atoms with Crippen molar-refractivity contribution in [1.29, 1.82) is 0 Å². The molecule has 15 heavy (non-hydrogen) atoms. The van der Waals surface area contributed by atoms with Crippen LogP contribution >= 0.6 is 27.7 Å². The minimum Gasteiger partial charge on any atom is -0.465 e. The predicted molar refractivity (Wildman–Crippen MR) is 66.9 cm³/mol. The minimum absolute atomic E-state index is 0.144. The van der Waals surface area contributed by atoms with Crippen LogP contribution in [0.15, 0.2) is 28.7 Å². The minimum atomic E-state index is -0.144. The van der Waals surface area contributed by atoms with Crippen LogP contribution in [0.2, 0.25) is 0 Å². The predicted octanol–water partition coefficient (Wildman–Crippen LogP) is 3.25. The maximum atomic E-state index is 11.1. The van der Waals surface area contributed by atoms with Gasteiger partial charge in [0.25, 0.3) is 0 Å². The van der Waals surface area contributed by atoms with Crippen LogP contribution in [-0.4, -0.2) is 18.3 Å². The first-order valence-corrected chi connectivity index (χ1v) is 6.65. The number of ether oxygens (including phenoxy) is 1. The molecular weight excluding hydrogens is 276 g/mol. The molecule has 1 rings (SSSR count). The highest BCUT2D eigenvalue weighted by atomic mass is 79.9. The van der Waals surface area contributed by atoms with Crippen LogP contribution in [0.5, 0.6) is 0 Å². The molecule has 0 atom stereocenters. The lowest BCUT2D eigenvalue weighted by Crippen LogP contribution is -2.06. The summed E-state index contributed by atoms with van der Waals surface area (Å²) in [5.74, 6) is 1.09. The zero-order valence-electron chi connectivity index (χ0n) is 8.53. The third-order valence-corrected chi connectivity index (χ3v) is 3.47. The summed E-state index contributed by atoms with van der Waals surface area (Å²) in [5, 5.41) is 0. The second-order valence-corrected chi connectivity index (χ2v) is 4.73. The molecule has 0 amide bonds. The summed E-state index contributed by atoms with van der Waals surface area (Å²) < 4.78 is 5.92. The van der Waals surface area contributed by atoms with Crippen molar-refractivity contribution < 1.29 is 9.53 Å². The number of benzene rings is 1. The molecule has 82 valence electrons. The van der Waals surface area contributed by atoms with E-state index < -0.39 is 0 Å². The summed E-state index contributed by atoms with van der Waals surface area (Å²) in [6.45, 7) is 2.27. The van der Waals surface area contributed by atoms with E-state index in [2.05, 4.69) is 15.9 Å². The zero-order chi connectivity index (χ0) is 11.1. The molecule has 0 saturated carbocycles. The van der Waals surface area contributed by atoms with Gasteiger partial charge in [-0.05, 0) is 18.6 Å². The van der Waals surface area contributed by atoms with Gasteiger partial charge in [-0.15, -0.1) is 11.8 Å². The topological polar surface area (TPSA) is 26.3 Å². The number of esters is 1. The lowest BCUT2D eigenvalue weighted by molar-refractivity contribution is -0.139. The highest BCUT2D eigenvalue weighted by molar-refractivity contribution is 9.10. The molecule has 0 aliphatic rings. The second kappa shape index (κ2) is 6.90. The lowest BCUT2D eigenvalue weighted by Gasteiger charge is -2.04. The summed E-state index contributed by atoms with van der Waals surface area (Å²) >= 11 is 5.03. The summed E-state index contributed by atoms with van der Waals surface area (Å²) in [6, 6.07) is 8.01. The molecule has 0 aliphatic heterocycles. The SMILES string of the molecule is CCOC(=O)CSCc1ccccc1Br. The number of rotatable bonds is 5. The fourth-order valence-corrected chi connectivity index (χ4v) is 2.50. The molecule has 0 saturated heterocycles. The van der Waals surface area contributed by atoms with Crippen LogP contribution in [0.3, 0.4) is 0 Å². The molecule has 0 bridgehead atoms. The highest BCUT2D eigenvalue weighted by Gasteiger charge is 2.03.